The second-order valence-corrected chi connectivity index (χ2v) is 2.33. The maximum absolute atomic E-state index is 8.94. The molecule has 1 aliphatic rings. The summed E-state index contributed by atoms with van der Waals surface area (Å²) in [7, 11) is 0. The van der Waals surface area contributed by atoms with Crippen LogP contribution < -0.4 is 0 Å². The van der Waals surface area contributed by atoms with Gasteiger partial charge in [-0.25, -0.2) is 0 Å². The summed E-state index contributed by atoms with van der Waals surface area (Å²) in [6, 6.07) is 0. The van der Waals surface area contributed by atoms with Crippen LogP contribution >= 0.6 is 0 Å². The van der Waals surface area contributed by atoms with Gasteiger partial charge in [-0.3, -0.25) is 0 Å². The summed E-state index contributed by atoms with van der Waals surface area (Å²) in [5.41, 5.74) is 0. The van der Waals surface area contributed by atoms with Crippen molar-refractivity contribution >= 4 is 0 Å². The van der Waals surface area contributed by atoms with E-state index in [2.05, 4.69) is 5.92 Å². The van der Waals surface area contributed by atoms with Crippen molar-refractivity contribution in [2.45, 2.75) is 25.4 Å². The third-order valence-electron chi connectivity index (χ3n) is 1.64. The summed E-state index contributed by atoms with van der Waals surface area (Å²) in [5, 5.41) is 8.94. The highest BCUT2D eigenvalue weighted by molar-refractivity contribution is 4.97. The van der Waals surface area contributed by atoms with Gasteiger partial charge in [-0.2, -0.15) is 0 Å². The zero-order valence-electron chi connectivity index (χ0n) is 4.80. The Balaban J connectivity index is 2.35. The Morgan fingerprint density at radius 3 is 2.50 bits per heavy atom. The molecule has 1 saturated carbocycles. The topological polar surface area (TPSA) is 20.2 Å². The van der Waals surface area contributed by atoms with Crippen LogP contribution in [0.4, 0.5) is 0 Å². The van der Waals surface area contributed by atoms with Crippen LogP contribution in [0.5, 0.6) is 0 Å². The van der Waals surface area contributed by atoms with Crippen molar-refractivity contribution < 1.29 is 5.11 Å². The average Bonchev–Trinajstić information content (AvgIpc) is 2.14. The van der Waals surface area contributed by atoms with Crippen LogP contribution in [-0.2, 0) is 0 Å². The normalized spacial score (nSPS) is 37.0. The zero-order chi connectivity index (χ0) is 5.98. The molecule has 0 aromatic rings. The highest BCUT2D eigenvalue weighted by Gasteiger charge is 2.19. The van der Waals surface area contributed by atoms with Crippen molar-refractivity contribution in [2.24, 2.45) is 5.92 Å². The lowest BCUT2D eigenvalue weighted by Crippen LogP contribution is -1.98. The SMILES string of the molecule is C#CC1CCC(O)C1. The van der Waals surface area contributed by atoms with Gasteiger partial charge in [0.15, 0.2) is 0 Å². The first-order chi connectivity index (χ1) is 3.83. The predicted octanol–water partition coefficient (Wildman–Crippen LogP) is 0.781. The van der Waals surface area contributed by atoms with E-state index in [9.17, 15) is 0 Å². The minimum Gasteiger partial charge on any atom is -0.393 e. The quantitative estimate of drug-likeness (QED) is 0.457. The molecule has 2 unspecified atom stereocenters. The van der Waals surface area contributed by atoms with E-state index in [4.69, 9.17) is 11.5 Å². The van der Waals surface area contributed by atoms with Crippen LogP contribution in [0.1, 0.15) is 19.3 Å². The van der Waals surface area contributed by atoms with E-state index in [1.54, 1.807) is 0 Å². The Hall–Kier alpha value is -0.480. The lowest BCUT2D eigenvalue weighted by atomic mass is 10.1. The first kappa shape index (κ1) is 5.65. The van der Waals surface area contributed by atoms with Gasteiger partial charge in [0.25, 0.3) is 0 Å². The number of aliphatic hydroxyl groups excluding tert-OH is 1. The molecule has 1 rings (SSSR count). The van der Waals surface area contributed by atoms with E-state index in [0.29, 0.717) is 5.92 Å². The first-order valence-corrected chi connectivity index (χ1v) is 2.97. The van der Waals surface area contributed by atoms with E-state index in [-0.39, 0.29) is 6.10 Å². The molecule has 0 amide bonds. The van der Waals surface area contributed by atoms with Crippen LogP contribution in [0.2, 0.25) is 0 Å². The molecule has 1 fully saturated rings. The van der Waals surface area contributed by atoms with E-state index in [0.717, 1.165) is 19.3 Å². The van der Waals surface area contributed by atoms with Gasteiger partial charge in [0.05, 0.1) is 6.10 Å². The van der Waals surface area contributed by atoms with Gasteiger partial charge >= 0.3 is 0 Å². The van der Waals surface area contributed by atoms with Gasteiger partial charge in [0, 0.05) is 5.92 Å². The average molecular weight is 110 g/mol. The van der Waals surface area contributed by atoms with Gasteiger partial charge in [0.2, 0.25) is 0 Å². The maximum Gasteiger partial charge on any atom is 0.0552 e. The van der Waals surface area contributed by atoms with E-state index in [1.165, 1.54) is 0 Å². The summed E-state index contributed by atoms with van der Waals surface area (Å²) < 4.78 is 0. The van der Waals surface area contributed by atoms with Crippen LogP contribution in [0.25, 0.3) is 0 Å². The molecule has 2 atom stereocenters. The minimum atomic E-state index is -0.115. The van der Waals surface area contributed by atoms with Crippen molar-refractivity contribution in [3.63, 3.8) is 0 Å². The van der Waals surface area contributed by atoms with E-state index >= 15 is 0 Å². The Morgan fingerprint density at radius 1 is 1.50 bits per heavy atom. The molecule has 44 valence electrons. The molecule has 1 N–H and O–H groups in total. The maximum atomic E-state index is 8.94. The Morgan fingerprint density at radius 2 is 2.25 bits per heavy atom. The van der Waals surface area contributed by atoms with Gasteiger partial charge < -0.3 is 5.11 Å². The van der Waals surface area contributed by atoms with Gasteiger partial charge in [-0.15, -0.1) is 12.3 Å². The van der Waals surface area contributed by atoms with Crippen molar-refractivity contribution in [3.8, 4) is 12.3 Å². The van der Waals surface area contributed by atoms with Crippen molar-refractivity contribution in [3.05, 3.63) is 0 Å². The molecular formula is C7H10O. The van der Waals surface area contributed by atoms with Gasteiger partial charge in [0.1, 0.15) is 0 Å². The third-order valence-corrected chi connectivity index (χ3v) is 1.64. The van der Waals surface area contributed by atoms with Crippen LogP contribution in [0, 0.1) is 18.3 Å². The molecule has 0 heterocycles. The standard InChI is InChI=1S/C7H10O/c1-2-6-3-4-7(8)5-6/h1,6-8H,3-5H2. The fraction of sp³-hybridized carbons (Fsp3) is 0.714. The molecule has 0 aliphatic heterocycles. The monoisotopic (exact) mass is 110 g/mol. The number of rotatable bonds is 0. The number of hydrogen-bond acceptors (Lipinski definition) is 1. The highest BCUT2D eigenvalue weighted by atomic mass is 16.3. The Labute approximate surface area is 49.7 Å². The van der Waals surface area contributed by atoms with Gasteiger partial charge in [-0.1, -0.05) is 0 Å². The molecule has 0 bridgehead atoms. The molecule has 0 aromatic heterocycles. The number of aliphatic hydroxyl groups is 1. The molecular weight excluding hydrogens is 100 g/mol. The smallest absolute Gasteiger partial charge is 0.0552 e. The van der Waals surface area contributed by atoms with Gasteiger partial charge in [-0.05, 0) is 19.3 Å². The highest BCUT2D eigenvalue weighted by Crippen LogP contribution is 2.23. The minimum absolute atomic E-state index is 0.115. The largest absolute Gasteiger partial charge is 0.393 e. The summed E-state index contributed by atoms with van der Waals surface area (Å²) in [6.45, 7) is 0. The molecule has 8 heavy (non-hydrogen) atoms. The number of hydrogen-bond donors (Lipinski definition) is 1. The van der Waals surface area contributed by atoms with Crippen molar-refractivity contribution in [2.75, 3.05) is 0 Å². The Kier molecular flexibility index (Phi) is 1.55. The molecule has 1 nitrogen and oxygen atoms in total. The molecule has 0 spiro atoms. The summed E-state index contributed by atoms with van der Waals surface area (Å²) in [4.78, 5) is 0. The number of terminal acetylenes is 1. The van der Waals surface area contributed by atoms with Crippen LogP contribution in [0.15, 0.2) is 0 Å². The molecule has 1 aliphatic carbocycles. The lowest BCUT2D eigenvalue weighted by Gasteiger charge is -1.95. The van der Waals surface area contributed by atoms with Crippen molar-refractivity contribution in [1.29, 1.82) is 0 Å². The molecule has 1 heteroatoms. The van der Waals surface area contributed by atoms with Crippen LogP contribution in [-0.4, -0.2) is 11.2 Å². The first-order valence-electron chi connectivity index (χ1n) is 2.97. The molecule has 0 aromatic carbocycles. The fourth-order valence-electron chi connectivity index (χ4n) is 1.11. The summed E-state index contributed by atoms with van der Waals surface area (Å²) in [5.74, 6) is 2.99. The summed E-state index contributed by atoms with van der Waals surface area (Å²) >= 11 is 0. The van der Waals surface area contributed by atoms with Crippen LogP contribution in [0.3, 0.4) is 0 Å². The molecule has 0 saturated heterocycles. The third kappa shape index (κ3) is 1.02. The van der Waals surface area contributed by atoms with E-state index in [1.807, 2.05) is 0 Å². The second kappa shape index (κ2) is 2.19. The zero-order valence-corrected chi connectivity index (χ0v) is 4.80. The Bertz CT molecular complexity index is 112. The lowest BCUT2D eigenvalue weighted by molar-refractivity contribution is 0.180. The van der Waals surface area contributed by atoms with Crippen molar-refractivity contribution in [1.82, 2.24) is 0 Å². The predicted molar refractivity (Wildman–Crippen MR) is 32.2 cm³/mol. The van der Waals surface area contributed by atoms with E-state index < -0.39 is 0 Å². The fourth-order valence-corrected chi connectivity index (χ4v) is 1.11. The second-order valence-electron chi connectivity index (χ2n) is 2.33. The summed E-state index contributed by atoms with van der Waals surface area (Å²) in [6.07, 6.45) is 7.75. The molecule has 0 radical (unpaired) electrons.